The third kappa shape index (κ3) is 2.95. The fourth-order valence-corrected chi connectivity index (χ4v) is 3.35. The zero-order valence-corrected chi connectivity index (χ0v) is 9.31. The maximum Gasteiger partial charge on any atom is 0.211 e. The highest BCUT2D eigenvalue weighted by molar-refractivity contribution is 7.88. The van der Waals surface area contributed by atoms with Gasteiger partial charge in [-0.1, -0.05) is 26.2 Å². The number of nitrogens with zero attached hydrogens (tertiary/aromatic N) is 1. The van der Waals surface area contributed by atoms with Crippen molar-refractivity contribution in [3.8, 4) is 0 Å². The average molecular weight is 205 g/mol. The molecule has 0 saturated heterocycles. The quantitative estimate of drug-likeness (QED) is 0.702. The summed E-state index contributed by atoms with van der Waals surface area (Å²) in [5.74, 6) is 0. The lowest BCUT2D eigenvalue weighted by atomic mass is 9.95. The highest BCUT2D eigenvalue weighted by Crippen LogP contribution is 2.23. The molecule has 1 aliphatic carbocycles. The van der Waals surface area contributed by atoms with E-state index in [1.54, 1.807) is 4.31 Å². The first-order valence-electron chi connectivity index (χ1n) is 5.02. The second-order valence-corrected chi connectivity index (χ2v) is 5.69. The molecule has 0 atom stereocenters. The monoisotopic (exact) mass is 205 g/mol. The van der Waals surface area contributed by atoms with Crippen LogP contribution in [0.4, 0.5) is 0 Å². The van der Waals surface area contributed by atoms with E-state index in [9.17, 15) is 8.42 Å². The molecule has 78 valence electrons. The molecular weight excluding hydrogens is 186 g/mol. The van der Waals surface area contributed by atoms with Gasteiger partial charge in [0.25, 0.3) is 0 Å². The van der Waals surface area contributed by atoms with Crippen molar-refractivity contribution in [3.05, 3.63) is 0 Å². The second-order valence-electron chi connectivity index (χ2n) is 3.76. The Morgan fingerprint density at radius 3 is 2.15 bits per heavy atom. The lowest BCUT2D eigenvalue weighted by Gasteiger charge is -2.31. The predicted molar refractivity (Wildman–Crippen MR) is 54.1 cm³/mol. The van der Waals surface area contributed by atoms with Gasteiger partial charge >= 0.3 is 0 Å². The molecule has 3 nitrogen and oxygen atoms in total. The van der Waals surface area contributed by atoms with Crippen molar-refractivity contribution in [2.75, 3.05) is 12.8 Å². The molecule has 0 aromatic heterocycles. The summed E-state index contributed by atoms with van der Waals surface area (Å²) in [5, 5.41) is 0. The van der Waals surface area contributed by atoms with Crippen molar-refractivity contribution in [1.82, 2.24) is 4.31 Å². The van der Waals surface area contributed by atoms with E-state index in [1.807, 2.05) is 6.92 Å². The summed E-state index contributed by atoms with van der Waals surface area (Å²) in [4.78, 5) is 0. The average Bonchev–Trinajstić information content (AvgIpc) is 2.05. The number of sulfonamides is 1. The van der Waals surface area contributed by atoms with E-state index in [2.05, 4.69) is 0 Å². The molecular formula is C9H19NO2S. The van der Waals surface area contributed by atoms with Crippen molar-refractivity contribution < 1.29 is 8.42 Å². The van der Waals surface area contributed by atoms with Gasteiger partial charge in [0.1, 0.15) is 0 Å². The van der Waals surface area contributed by atoms with Crippen molar-refractivity contribution in [2.24, 2.45) is 0 Å². The summed E-state index contributed by atoms with van der Waals surface area (Å²) in [7, 11) is -2.98. The topological polar surface area (TPSA) is 37.4 Å². The minimum atomic E-state index is -2.98. The Labute approximate surface area is 81.2 Å². The minimum Gasteiger partial charge on any atom is -0.212 e. The largest absolute Gasteiger partial charge is 0.212 e. The van der Waals surface area contributed by atoms with Crippen LogP contribution in [0.5, 0.6) is 0 Å². The maximum atomic E-state index is 11.4. The van der Waals surface area contributed by atoms with Gasteiger partial charge in [-0.25, -0.2) is 8.42 Å². The number of rotatable bonds is 3. The normalized spacial score (nSPS) is 20.8. The SMILES string of the molecule is CCN(C1CCCCC1)S(C)(=O)=O. The molecule has 0 spiro atoms. The molecule has 0 aromatic rings. The predicted octanol–water partition coefficient (Wildman–Crippen LogP) is 1.60. The lowest BCUT2D eigenvalue weighted by Crippen LogP contribution is -2.40. The standard InChI is InChI=1S/C9H19NO2S/c1-3-10(13(2,11)12)9-7-5-4-6-8-9/h9H,3-8H2,1-2H3. The van der Waals surface area contributed by atoms with Crippen LogP contribution in [0, 0.1) is 0 Å². The highest BCUT2D eigenvalue weighted by Gasteiger charge is 2.25. The zero-order chi connectivity index (χ0) is 9.90. The van der Waals surface area contributed by atoms with Crippen molar-refractivity contribution in [3.63, 3.8) is 0 Å². The Morgan fingerprint density at radius 1 is 1.23 bits per heavy atom. The second kappa shape index (κ2) is 4.42. The van der Waals surface area contributed by atoms with Gasteiger partial charge in [-0.15, -0.1) is 0 Å². The van der Waals surface area contributed by atoms with Crippen LogP contribution in [0.1, 0.15) is 39.0 Å². The lowest BCUT2D eigenvalue weighted by molar-refractivity contribution is 0.263. The van der Waals surface area contributed by atoms with E-state index in [0.717, 1.165) is 12.8 Å². The van der Waals surface area contributed by atoms with Gasteiger partial charge in [0.2, 0.25) is 10.0 Å². The van der Waals surface area contributed by atoms with Crippen molar-refractivity contribution in [2.45, 2.75) is 45.1 Å². The summed E-state index contributed by atoms with van der Waals surface area (Å²) < 4.78 is 24.4. The number of hydrogen-bond acceptors (Lipinski definition) is 2. The molecule has 4 heteroatoms. The van der Waals surface area contributed by atoms with E-state index >= 15 is 0 Å². The molecule has 0 bridgehead atoms. The van der Waals surface area contributed by atoms with Crippen molar-refractivity contribution >= 4 is 10.0 Å². The molecule has 1 fully saturated rings. The van der Waals surface area contributed by atoms with Gasteiger partial charge in [0.15, 0.2) is 0 Å². The van der Waals surface area contributed by atoms with Crippen LogP contribution in [0.2, 0.25) is 0 Å². The Bertz CT molecular complexity index is 242. The first-order chi connectivity index (χ1) is 6.05. The molecule has 0 amide bonds. The summed E-state index contributed by atoms with van der Waals surface area (Å²) in [6, 6.07) is 0.272. The molecule has 0 aromatic carbocycles. The molecule has 1 aliphatic rings. The molecule has 0 N–H and O–H groups in total. The fourth-order valence-electron chi connectivity index (χ4n) is 2.13. The molecule has 13 heavy (non-hydrogen) atoms. The first kappa shape index (κ1) is 11.0. The van der Waals surface area contributed by atoms with E-state index in [-0.39, 0.29) is 6.04 Å². The zero-order valence-electron chi connectivity index (χ0n) is 8.49. The van der Waals surface area contributed by atoms with Crippen molar-refractivity contribution in [1.29, 1.82) is 0 Å². The number of hydrogen-bond donors (Lipinski definition) is 0. The van der Waals surface area contributed by atoms with Crippen LogP contribution >= 0.6 is 0 Å². The Kier molecular flexibility index (Phi) is 3.74. The summed E-state index contributed by atoms with van der Waals surface area (Å²) in [6.07, 6.45) is 7.01. The fraction of sp³-hybridized carbons (Fsp3) is 1.00. The smallest absolute Gasteiger partial charge is 0.211 e. The Balaban J connectivity index is 2.65. The van der Waals surface area contributed by atoms with Crippen LogP contribution < -0.4 is 0 Å². The maximum absolute atomic E-state index is 11.4. The van der Waals surface area contributed by atoms with Gasteiger partial charge in [0.05, 0.1) is 6.26 Å². The van der Waals surface area contributed by atoms with Crippen LogP contribution in [0.3, 0.4) is 0 Å². The third-order valence-corrected chi connectivity index (χ3v) is 4.13. The van der Waals surface area contributed by atoms with E-state index in [4.69, 9.17) is 0 Å². The molecule has 1 rings (SSSR count). The van der Waals surface area contributed by atoms with E-state index < -0.39 is 10.0 Å². The molecule has 0 aliphatic heterocycles. The summed E-state index contributed by atoms with van der Waals surface area (Å²) in [6.45, 7) is 2.53. The van der Waals surface area contributed by atoms with Crippen LogP contribution in [-0.4, -0.2) is 31.6 Å². The highest BCUT2D eigenvalue weighted by atomic mass is 32.2. The van der Waals surface area contributed by atoms with Crippen LogP contribution in [0.25, 0.3) is 0 Å². The third-order valence-electron chi connectivity index (χ3n) is 2.72. The Hall–Kier alpha value is -0.0900. The van der Waals surface area contributed by atoms with Gasteiger partial charge in [-0.2, -0.15) is 4.31 Å². The van der Waals surface area contributed by atoms with Gasteiger partial charge < -0.3 is 0 Å². The first-order valence-corrected chi connectivity index (χ1v) is 6.87. The van der Waals surface area contributed by atoms with Gasteiger partial charge in [0, 0.05) is 12.6 Å². The summed E-state index contributed by atoms with van der Waals surface area (Å²) >= 11 is 0. The Morgan fingerprint density at radius 2 is 1.77 bits per heavy atom. The molecule has 0 heterocycles. The van der Waals surface area contributed by atoms with E-state index in [0.29, 0.717) is 6.54 Å². The molecule has 1 saturated carbocycles. The molecule has 0 radical (unpaired) electrons. The van der Waals surface area contributed by atoms with Crippen LogP contribution in [0.15, 0.2) is 0 Å². The summed E-state index contributed by atoms with van der Waals surface area (Å²) in [5.41, 5.74) is 0. The molecule has 0 unspecified atom stereocenters. The van der Waals surface area contributed by atoms with E-state index in [1.165, 1.54) is 25.5 Å². The minimum absolute atomic E-state index is 0.272. The van der Waals surface area contributed by atoms with Crippen LogP contribution in [-0.2, 0) is 10.0 Å². The van der Waals surface area contributed by atoms with Gasteiger partial charge in [-0.3, -0.25) is 0 Å². The van der Waals surface area contributed by atoms with Gasteiger partial charge in [-0.05, 0) is 12.8 Å².